The lowest BCUT2D eigenvalue weighted by Gasteiger charge is -2.43. The van der Waals surface area contributed by atoms with Crippen LogP contribution >= 0.6 is 23.5 Å². The zero-order valence-electron chi connectivity index (χ0n) is 17.9. The van der Waals surface area contributed by atoms with Crippen LogP contribution in [0.3, 0.4) is 0 Å². The number of hydrogen-bond donors (Lipinski definition) is 0. The summed E-state index contributed by atoms with van der Waals surface area (Å²) in [6.45, 7) is 7.75. The van der Waals surface area contributed by atoms with Gasteiger partial charge >= 0.3 is 0 Å². The minimum Gasteiger partial charge on any atom is -0.406 e. The zero-order valence-corrected chi connectivity index (χ0v) is 20.5. The molecule has 0 aromatic heterocycles. The van der Waals surface area contributed by atoms with E-state index in [0.717, 1.165) is 19.4 Å². The summed E-state index contributed by atoms with van der Waals surface area (Å²) in [5.74, 6) is 0. The van der Waals surface area contributed by atoms with Crippen LogP contribution in [0, 0.1) is 0 Å². The second kappa shape index (κ2) is 9.07. The first-order valence-electron chi connectivity index (χ1n) is 10.7. The molecule has 0 bridgehead atoms. The van der Waals surface area contributed by atoms with Crippen LogP contribution in [0.25, 0.3) is 0 Å². The Bertz CT molecular complexity index is 853. The van der Waals surface area contributed by atoms with Gasteiger partial charge in [-0.25, -0.2) is 0 Å². The van der Waals surface area contributed by atoms with Gasteiger partial charge in [-0.05, 0) is 34.3 Å². The first-order chi connectivity index (χ1) is 14.4. The zero-order chi connectivity index (χ0) is 21.2. The van der Waals surface area contributed by atoms with Crippen LogP contribution in [0.1, 0.15) is 33.6 Å². The van der Waals surface area contributed by atoms with Crippen LogP contribution in [-0.4, -0.2) is 35.8 Å². The first-order valence-corrected chi connectivity index (χ1v) is 14.4. The van der Waals surface area contributed by atoms with Crippen LogP contribution in [0.2, 0.25) is 5.04 Å². The molecule has 3 atom stereocenters. The molecular weight excluding hydrogens is 424 g/mol. The molecule has 158 valence electrons. The molecule has 2 aromatic carbocycles. The summed E-state index contributed by atoms with van der Waals surface area (Å²) in [7, 11) is -2.47. The highest BCUT2D eigenvalue weighted by molar-refractivity contribution is 8.16. The molecule has 1 saturated heterocycles. The molecule has 0 amide bonds. The van der Waals surface area contributed by atoms with Crippen molar-refractivity contribution in [2.45, 2.75) is 54.4 Å². The minimum atomic E-state index is -2.47. The van der Waals surface area contributed by atoms with Crippen LogP contribution in [-0.2, 0) is 9.22 Å². The second-order valence-electron chi connectivity index (χ2n) is 9.11. The topological polar surface area (TPSA) is 26.3 Å². The van der Waals surface area contributed by atoms with Crippen molar-refractivity contribution in [1.29, 1.82) is 0 Å². The Balaban J connectivity index is 1.58. The smallest absolute Gasteiger partial charge is 0.261 e. The Labute approximate surface area is 190 Å². The molecule has 2 aliphatic heterocycles. The second-order valence-corrected chi connectivity index (χ2v) is 16.1. The van der Waals surface area contributed by atoms with Gasteiger partial charge in [-0.15, -0.1) is 0 Å². The van der Waals surface area contributed by atoms with Gasteiger partial charge in [0.25, 0.3) is 8.32 Å². The number of carbonyl (C=O) groups excluding carboxylic acids is 1. The molecule has 1 fully saturated rings. The quantitative estimate of drug-likeness (QED) is 0.572. The Morgan fingerprint density at radius 2 is 1.57 bits per heavy atom. The largest absolute Gasteiger partial charge is 0.406 e. The summed E-state index contributed by atoms with van der Waals surface area (Å²) < 4.78 is 7.11. The maximum atomic E-state index is 11.6. The van der Waals surface area contributed by atoms with Crippen molar-refractivity contribution in [2.75, 3.05) is 6.61 Å². The Kier molecular flexibility index (Phi) is 6.63. The molecule has 5 heteroatoms. The summed E-state index contributed by atoms with van der Waals surface area (Å²) in [4.78, 5) is 11.6. The summed E-state index contributed by atoms with van der Waals surface area (Å²) in [5.41, 5.74) is 0. The fraction of sp³-hybridized carbons (Fsp3) is 0.400. The molecule has 0 aliphatic carbocycles. The highest BCUT2D eigenvalue weighted by Crippen LogP contribution is 2.43. The molecule has 0 radical (unpaired) electrons. The lowest BCUT2D eigenvalue weighted by Crippen LogP contribution is -2.67. The average Bonchev–Trinajstić information content (AvgIpc) is 3.38. The fourth-order valence-electron chi connectivity index (χ4n) is 4.66. The molecule has 2 aromatic rings. The van der Waals surface area contributed by atoms with Crippen molar-refractivity contribution in [3.63, 3.8) is 0 Å². The summed E-state index contributed by atoms with van der Waals surface area (Å²) in [6.07, 6.45) is 6.15. The molecule has 2 nitrogen and oxygen atoms in total. The van der Waals surface area contributed by atoms with Gasteiger partial charge in [-0.1, -0.05) is 99.3 Å². The number of hydrogen-bond acceptors (Lipinski definition) is 4. The van der Waals surface area contributed by atoms with Gasteiger partial charge in [0.2, 0.25) is 5.12 Å². The number of carbonyl (C=O) groups is 1. The van der Waals surface area contributed by atoms with Gasteiger partial charge in [-0.2, -0.15) is 11.8 Å². The highest BCUT2D eigenvalue weighted by Gasteiger charge is 2.50. The van der Waals surface area contributed by atoms with Gasteiger partial charge in [0.15, 0.2) is 0 Å². The maximum absolute atomic E-state index is 11.6. The van der Waals surface area contributed by atoms with E-state index >= 15 is 0 Å². The molecule has 30 heavy (non-hydrogen) atoms. The summed E-state index contributed by atoms with van der Waals surface area (Å²) >= 11 is 3.51. The van der Waals surface area contributed by atoms with Gasteiger partial charge in [0, 0.05) is 22.4 Å². The van der Waals surface area contributed by atoms with Crippen molar-refractivity contribution >= 4 is 47.3 Å². The van der Waals surface area contributed by atoms with E-state index in [1.54, 1.807) is 6.08 Å². The molecule has 2 heterocycles. The standard InChI is InChI=1S/C25H30O2S2Si/c1-25(2,3)30(20-10-6-4-7-11-20,21-12-8-5-9-13-21)27-18-19-14-15-22(28-19)23-16-17-24(26)29-23/h4-13,16-17,19,22-23H,14-15,18H2,1-3H3/t19-,22-,23-/m1/s1. The lowest BCUT2D eigenvalue weighted by atomic mass is 10.1. The summed E-state index contributed by atoms with van der Waals surface area (Å²) in [6, 6.07) is 21.7. The van der Waals surface area contributed by atoms with E-state index in [2.05, 4.69) is 87.5 Å². The van der Waals surface area contributed by atoms with E-state index in [-0.39, 0.29) is 10.2 Å². The van der Waals surface area contributed by atoms with Crippen molar-refractivity contribution < 1.29 is 9.22 Å². The van der Waals surface area contributed by atoms with E-state index in [1.807, 2.05) is 11.8 Å². The highest BCUT2D eigenvalue weighted by atomic mass is 32.2. The Hall–Kier alpha value is -1.27. The van der Waals surface area contributed by atoms with E-state index < -0.39 is 8.32 Å². The third-order valence-electron chi connectivity index (χ3n) is 6.08. The molecule has 0 saturated carbocycles. The molecule has 4 rings (SSSR count). The van der Waals surface area contributed by atoms with E-state index in [9.17, 15) is 4.79 Å². The van der Waals surface area contributed by atoms with Gasteiger partial charge in [0.05, 0.1) is 0 Å². The van der Waals surface area contributed by atoms with E-state index in [4.69, 9.17) is 4.43 Å². The van der Waals surface area contributed by atoms with Crippen molar-refractivity contribution in [2.24, 2.45) is 0 Å². The third-order valence-corrected chi connectivity index (χ3v) is 14.0. The van der Waals surface area contributed by atoms with Crippen molar-refractivity contribution in [1.82, 2.24) is 0 Å². The third kappa shape index (κ3) is 4.36. The number of rotatable bonds is 6. The fourth-order valence-corrected chi connectivity index (χ4v) is 12.1. The molecule has 0 unspecified atom stereocenters. The van der Waals surface area contributed by atoms with Gasteiger partial charge in [-0.3, -0.25) is 4.79 Å². The van der Waals surface area contributed by atoms with E-state index in [0.29, 0.717) is 15.7 Å². The van der Waals surface area contributed by atoms with Crippen LogP contribution in [0.15, 0.2) is 72.8 Å². The van der Waals surface area contributed by atoms with Crippen molar-refractivity contribution in [3.8, 4) is 0 Å². The SMILES string of the molecule is CC(C)(C)[Si](OC[C@H]1CC[C@H]([C@H]2C=CC(=O)S2)S1)(c1ccccc1)c1ccccc1. The maximum Gasteiger partial charge on any atom is 0.261 e. The molecular formula is C25H30O2S2Si. The first kappa shape index (κ1) is 21.9. The average molecular weight is 455 g/mol. The molecule has 0 spiro atoms. The summed E-state index contributed by atoms with van der Waals surface area (Å²) in [5, 5.41) is 4.22. The Morgan fingerprint density at radius 3 is 2.07 bits per heavy atom. The number of benzene rings is 2. The predicted octanol–water partition coefficient (Wildman–Crippen LogP) is 5.03. The normalized spacial score (nSPS) is 24.5. The van der Waals surface area contributed by atoms with Gasteiger partial charge in [0.1, 0.15) is 0 Å². The number of thioether (sulfide) groups is 2. The monoisotopic (exact) mass is 454 g/mol. The molecule has 0 N–H and O–H groups in total. The Morgan fingerprint density at radius 1 is 0.967 bits per heavy atom. The minimum absolute atomic E-state index is 0.00877. The molecule has 2 aliphatic rings. The van der Waals surface area contributed by atoms with Crippen LogP contribution in [0.4, 0.5) is 0 Å². The van der Waals surface area contributed by atoms with Crippen LogP contribution < -0.4 is 10.4 Å². The van der Waals surface area contributed by atoms with Crippen LogP contribution in [0.5, 0.6) is 0 Å². The lowest BCUT2D eigenvalue weighted by molar-refractivity contribution is -0.106. The van der Waals surface area contributed by atoms with E-state index in [1.165, 1.54) is 22.1 Å². The predicted molar refractivity (Wildman–Crippen MR) is 133 cm³/mol. The van der Waals surface area contributed by atoms with Gasteiger partial charge < -0.3 is 4.43 Å². The van der Waals surface area contributed by atoms with Crippen molar-refractivity contribution in [3.05, 3.63) is 72.8 Å².